The quantitative estimate of drug-likeness (QED) is 0.813. The molecule has 0 amide bonds. The average molecular weight is 336 g/mol. The van der Waals surface area contributed by atoms with Gasteiger partial charge in [0, 0.05) is 17.1 Å². The largest absolute Gasteiger partial charge is 0.309 e. The molecule has 2 bridgehead atoms. The Balaban J connectivity index is 1.73. The summed E-state index contributed by atoms with van der Waals surface area (Å²) in [5.41, 5.74) is 3.64. The van der Waals surface area contributed by atoms with Crippen LogP contribution in [0.15, 0.2) is 22.7 Å². The van der Waals surface area contributed by atoms with Crippen molar-refractivity contribution in [3.8, 4) is 0 Å². The van der Waals surface area contributed by atoms with E-state index in [2.05, 4.69) is 67.1 Å². The van der Waals surface area contributed by atoms with E-state index in [1.807, 2.05) is 0 Å². The Morgan fingerprint density at radius 2 is 2.05 bits per heavy atom. The van der Waals surface area contributed by atoms with Gasteiger partial charge in [-0.3, -0.25) is 0 Å². The Labute approximate surface area is 131 Å². The SMILES string of the molecule is Cc1ccc(CNC2C3(C)CCC(C3)C2(C)C)cc1Br. The van der Waals surface area contributed by atoms with E-state index in [4.69, 9.17) is 0 Å². The molecule has 3 rings (SSSR count). The number of halogens is 1. The van der Waals surface area contributed by atoms with Gasteiger partial charge in [0.05, 0.1) is 0 Å². The Kier molecular flexibility index (Phi) is 3.53. The van der Waals surface area contributed by atoms with Crippen molar-refractivity contribution < 1.29 is 0 Å². The lowest BCUT2D eigenvalue weighted by Gasteiger charge is -2.43. The van der Waals surface area contributed by atoms with Gasteiger partial charge in [-0.05, 0) is 60.1 Å². The van der Waals surface area contributed by atoms with Crippen molar-refractivity contribution in [1.29, 1.82) is 0 Å². The summed E-state index contributed by atoms with van der Waals surface area (Å²) >= 11 is 3.64. The van der Waals surface area contributed by atoms with E-state index >= 15 is 0 Å². The van der Waals surface area contributed by atoms with Crippen LogP contribution in [0.1, 0.15) is 51.2 Å². The smallest absolute Gasteiger partial charge is 0.0208 e. The van der Waals surface area contributed by atoms with Crippen LogP contribution in [0.4, 0.5) is 0 Å². The predicted octanol–water partition coefficient (Wildman–Crippen LogP) is 5.06. The fourth-order valence-electron chi connectivity index (χ4n) is 4.78. The second-order valence-corrected chi connectivity index (χ2v) is 8.67. The van der Waals surface area contributed by atoms with Crippen molar-refractivity contribution in [2.45, 2.75) is 59.5 Å². The highest BCUT2D eigenvalue weighted by molar-refractivity contribution is 9.10. The molecule has 1 aromatic carbocycles. The third-order valence-corrected chi connectivity index (χ3v) is 6.87. The topological polar surface area (TPSA) is 12.0 Å². The highest BCUT2D eigenvalue weighted by atomic mass is 79.9. The van der Waals surface area contributed by atoms with Crippen LogP contribution < -0.4 is 5.32 Å². The Bertz CT molecular complexity index is 517. The molecule has 20 heavy (non-hydrogen) atoms. The highest BCUT2D eigenvalue weighted by Gasteiger charge is 2.58. The van der Waals surface area contributed by atoms with Gasteiger partial charge in [0.25, 0.3) is 0 Å². The number of benzene rings is 1. The van der Waals surface area contributed by atoms with Gasteiger partial charge >= 0.3 is 0 Å². The Morgan fingerprint density at radius 3 is 2.65 bits per heavy atom. The fraction of sp³-hybridized carbons (Fsp3) is 0.667. The van der Waals surface area contributed by atoms with Gasteiger partial charge in [0.1, 0.15) is 0 Å². The number of rotatable bonds is 3. The molecule has 0 spiro atoms. The van der Waals surface area contributed by atoms with Crippen LogP contribution in [-0.2, 0) is 6.54 Å². The predicted molar refractivity (Wildman–Crippen MR) is 88.7 cm³/mol. The maximum absolute atomic E-state index is 3.89. The molecule has 0 heterocycles. The van der Waals surface area contributed by atoms with Gasteiger partial charge in [-0.15, -0.1) is 0 Å². The van der Waals surface area contributed by atoms with Gasteiger partial charge in [0.15, 0.2) is 0 Å². The number of fused-ring (bicyclic) bond motifs is 2. The summed E-state index contributed by atoms with van der Waals surface area (Å²) in [7, 11) is 0. The molecule has 0 aromatic heterocycles. The van der Waals surface area contributed by atoms with E-state index in [9.17, 15) is 0 Å². The van der Waals surface area contributed by atoms with Crippen molar-refractivity contribution in [3.63, 3.8) is 0 Å². The third-order valence-electron chi connectivity index (χ3n) is 6.02. The minimum atomic E-state index is 0.439. The molecule has 2 fully saturated rings. The number of nitrogens with one attached hydrogen (secondary N) is 1. The molecule has 1 nitrogen and oxygen atoms in total. The van der Waals surface area contributed by atoms with Gasteiger partial charge in [-0.1, -0.05) is 48.8 Å². The molecule has 2 saturated carbocycles. The molecule has 0 aliphatic heterocycles. The lowest BCUT2D eigenvalue weighted by atomic mass is 9.68. The lowest BCUT2D eigenvalue weighted by molar-refractivity contribution is 0.108. The number of aryl methyl sites for hydroxylation is 1. The third kappa shape index (κ3) is 2.25. The van der Waals surface area contributed by atoms with Crippen LogP contribution in [0.5, 0.6) is 0 Å². The molecule has 110 valence electrons. The van der Waals surface area contributed by atoms with Crippen LogP contribution in [-0.4, -0.2) is 6.04 Å². The zero-order chi connectivity index (χ0) is 14.5. The van der Waals surface area contributed by atoms with Crippen molar-refractivity contribution in [2.75, 3.05) is 0 Å². The molecule has 2 heteroatoms. The second kappa shape index (κ2) is 4.84. The Morgan fingerprint density at radius 1 is 1.30 bits per heavy atom. The van der Waals surface area contributed by atoms with Crippen molar-refractivity contribution in [1.82, 2.24) is 5.32 Å². The molecule has 2 aliphatic rings. The molecule has 1 N–H and O–H groups in total. The molecular formula is C18H26BrN. The molecule has 0 radical (unpaired) electrons. The summed E-state index contributed by atoms with van der Waals surface area (Å²) < 4.78 is 1.22. The zero-order valence-corrected chi connectivity index (χ0v) is 14.7. The van der Waals surface area contributed by atoms with Crippen LogP contribution >= 0.6 is 15.9 Å². The minimum Gasteiger partial charge on any atom is -0.309 e. The first-order chi connectivity index (χ1) is 9.33. The normalized spacial score (nSPS) is 34.6. The lowest BCUT2D eigenvalue weighted by Crippen LogP contribution is -2.49. The Hall–Kier alpha value is -0.340. The molecule has 2 aliphatic carbocycles. The van der Waals surface area contributed by atoms with Crippen molar-refractivity contribution >= 4 is 15.9 Å². The summed E-state index contributed by atoms with van der Waals surface area (Å²) in [6.45, 7) is 10.5. The number of hydrogen-bond donors (Lipinski definition) is 1. The van der Waals surface area contributed by atoms with E-state index in [-0.39, 0.29) is 0 Å². The standard InChI is InChI=1S/C18H26BrN/c1-12-5-6-13(9-15(12)19)11-20-16-17(2,3)14-7-8-18(16,4)10-14/h5-6,9,14,16,20H,7-8,10-11H2,1-4H3. The van der Waals surface area contributed by atoms with E-state index in [0.717, 1.165) is 12.5 Å². The first-order valence-electron chi connectivity index (χ1n) is 7.81. The molecule has 3 atom stereocenters. The summed E-state index contributed by atoms with van der Waals surface area (Å²) in [5, 5.41) is 3.89. The van der Waals surface area contributed by atoms with Crippen molar-refractivity contribution in [2.24, 2.45) is 16.7 Å². The fourth-order valence-corrected chi connectivity index (χ4v) is 5.20. The molecular weight excluding hydrogens is 310 g/mol. The number of hydrogen-bond acceptors (Lipinski definition) is 1. The minimum absolute atomic E-state index is 0.439. The maximum Gasteiger partial charge on any atom is 0.0208 e. The summed E-state index contributed by atoms with van der Waals surface area (Å²) in [6, 6.07) is 7.35. The van der Waals surface area contributed by atoms with E-state index < -0.39 is 0 Å². The van der Waals surface area contributed by atoms with Gasteiger partial charge < -0.3 is 5.32 Å². The zero-order valence-electron chi connectivity index (χ0n) is 13.1. The monoisotopic (exact) mass is 335 g/mol. The van der Waals surface area contributed by atoms with Crippen LogP contribution in [0, 0.1) is 23.7 Å². The summed E-state index contributed by atoms with van der Waals surface area (Å²) in [4.78, 5) is 0. The molecule has 1 aromatic rings. The van der Waals surface area contributed by atoms with E-state index in [0.29, 0.717) is 16.9 Å². The maximum atomic E-state index is 3.89. The highest BCUT2D eigenvalue weighted by Crippen LogP contribution is 2.62. The van der Waals surface area contributed by atoms with Crippen LogP contribution in [0.25, 0.3) is 0 Å². The van der Waals surface area contributed by atoms with Crippen LogP contribution in [0.3, 0.4) is 0 Å². The first kappa shape index (κ1) is 14.6. The van der Waals surface area contributed by atoms with Gasteiger partial charge in [-0.2, -0.15) is 0 Å². The van der Waals surface area contributed by atoms with Crippen LogP contribution in [0.2, 0.25) is 0 Å². The molecule has 3 unspecified atom stereocenters. The first-order valence-corrected chi connectivity index (χ1v) is 8.61. The van der Waals surface area contributed by atoms with E-state index in [1.54, 1.807) is 0 Å². The summed E-state index contributed by atoms with van der Waals surface area (Å²) in [5.74, 6) is 0.912. The second-order valence-electron chi connectivity index (χ2n) is 7.81. The van der Waals surface area contributed by atoms with E-state index in [1.165, 1.54) is 34.9 Å². The summed E-state index contributed by atoms with van der Waals surface area (Å²) in [6.07, 6.45) is 4.24. The van der Waals surface area contributed by atoms with Crippen molar-refractivity contribution in [3.05, 3.63) is 33.8 Å². The average Bonchev–Trinajstić information content (AvgIpc) is 2.84. The molecule has 0 saturated heterocycles. The van der Waals surface area contributed by atoms with Gasteiger partial charge in [0.2, 0.25) is 0 Å². The van der Waals surface area contributed by atoms with Gasteiger partial charge in [-0.25, -0.2) is 0 Å².